The lowest BCUT2D eigenvalue weighted by Gasteiger charge is -2.20. The molecular formula is C25H42. The van der Waals surface area contributed by atoms with E-state index in [-0.39, 0.29) is 0 Å². The summed E-state index contributed by atoms with van der Waals surface area (Å²) in [6.07, 6.45) is 4.55. The predicted octanol–water partition coefficient (Wildman–Crippen LogP) is 9.19. The topological polar surface area (TPSA) is 0 Å². The molecule has 0 aliphatic heterocycles. The zero-order valence-corrected chi connectivity index (χ0v) is 18.5. The Morgan fingerprint density at radius 2 is 1.28 bits per heavy atom. The second-order valence-corrected chi connectivity index (χ2v) is 4.39. The SMILES string of the molecule is C=C.CC.CC.CC.CC.Cc1ccc2cccc3c2c1C(C)C=C3. The van der Waals surface area contributed by atoms with Crippen molar-refractivity contribution in [2.24, 2.45) is 0 Å². The molecule has 1 atom stereocenters. The van der Waals surface area contributed by atoms with Crippen LogP contribution in [-0.4, -0.2) is 0 Å². The Labute approximate surface area is 158 Å². The van der Waals surface area contributed by atoms with Gasteiger partial charge >= 0.3 is 0 Å². The Kier molecular flexibility index (Phi) is 20.7. The summed E-state index contributed by atoms with van der Waals surface area (Å²) in [5.74, 6) is 0.545. The van der Waals surface area contributed by atoms with Crippen LogP contribution in [0.25, 0.3) is 16.8 Å². The maximum absolute atomic E-state index is 3.00. The van der Waals surface area contributed by atoms with Gasteiger partial charge in [-0.3, -0.25) is 0 Å². The largest absolute Gasteiger partial charge is 0.106 e. The molecule has 1 aliphatic rings. The van der Waals surface area contributed by atoms with Gasteiger partial charge in [0.05, 0.1) is 0 Å². The summed E-state index contributed by atoms with van der Waals surface area (Å²) >= 11 is 0. The Hall–Kier alpha value is -1.82. The van der Waals surface area contributed by atoms with Crippen molar-refractivity contribution in [2.75, 3.05) is 0 Å². The van der Waals surface area contributed by atoms with Crippen LogP contribution in [0.5, 0.6) is 0 Å². The van der Waals surface area contributed by atoms with E-state index in [1.54, 1.807) is 0 Å². The summed E-state index contributed by atoms with van der Waals surface area (Å²) in [6, 6.07) is 11.0. The molecule has 25 heavy (non-hydrogen) atoms. The first kappa shape index (κ1) is 28.0. The summed E-state index contributed by atoms with van der Waals surface area (Å²) in [5, 5.41) is 2.82. The highest BCUT2D eigenvalue weighted by Gasteiger charge is 2.15. The van der Waals surface area contributed by atoms with Crippen molar-refractivity contribution in [1.29, 1.82) is 0 Å². The van der Waals surface area contributed by atoms with E-state index in [1.165, 1.54) is 27.5 Å². The quantitative estimate of drug-likeness (QED) is 0.418. The molecule has 0 nitrogen and oxygen atoms in total. The average molecular weight is 343 g/mol. The summed E-state index contributed by atoms with van der Waals surface area (Å²) in [6.45, 7) is 26.5. The third-order valence-electron chi connectivity index (χ3n) is 3.36. The van der Waals surface area contributed by atoms with Gasteiger partial charge in [0.15, 0.2) is 0 Å². The van der Waals surface area contributed by atoms with Gasteiger partial charge in [-0.15, -0.1) is 13.2 Å². The molecule has 0 radical (unpaired) electrons. The molecule has 0 saturated carbocycles. The van der Waals surface area contributed by atoms with Crippen LogP contribution in [-0.2, 0) is 0 Å². The lowest BCUT2D eigenvalue weighted by Crippen LogP contribution is -2.00. The first-order valence-electron chi connectivity index (χ1n) is 9.98. The molecule has 0 N–H and O–H groups in total. The highest BCUT2D eigenvalue weighted by Crippen LogP contribution is 2.36. The van der Waals surface area contributed by atoms with Gasteiger partial charge in [0.1, 0.15) is 0 Å². The van der Waals surface area contributed by atoms with E-state index >= 15 is 0 Å². The van der Waals surface area contributed by atoms with Crippen molar-refractivity contribution in [3.63, 3.8) is 0 Å². The first-order valence-corrected chi connectivity index (χ1v) is 9.98. The van der Waals surface area contributed by atoms with E-state index in [4.69, 9.17) is 0 Å². The van der Waals surface area contributed by atoms with E-state index in [9.17, 15) is 0 Å². The molecular weight excluding hydrogens is 300 g/mol. The lowest BCUT2D eigenvalue weighted by atomic mass is 9.84. The molecule has 1 aliphatic carbocycles. The molecule has 0 aromatic heterocycles. The number of benzene rings is 2. The summed E-state index contributed by atoms with van der Waals surface area (Å²) < 4.78 is 0. The van der Waals surface area contributed by atoms with Crippen LogP contribution in [0.2, 0.25) is 0 Å². The lowest BCUT2D eigenvalue weighted by molar-refractivity contribution is 0.964. The molecule has 1 unspecified atom stereocenters. The highest BCUT2D eigenvalue weighted by molar-refractivity contribution is 5.96. The fourth-order valence-corrected chi connectivity index (χ4v) is 2.61. The smallest absolute Gasteiger partial charge is 0.000189 e. The van der Waals surface area contributed by atoms with Gasteiger partial charge in [-0.2, -0.15) is 0 Å². The number of aryl methyl sites for hydroxylation is 1. The van der Waals surface area contributed by atoms with E-state index in [0.29, 0.717) is 5.92 Å². The standard InChI is InChI=1S/C15H14.4C2H6.C2H4/c1-10-6-8-12-4-3-5-13-9-7-11(2)14(10)15(12)13;5*1-2/h3-10H,1-2H3;4*1-2H3;1-2H2. The molecule has 0 bridgehead atoms. The van der Waals surface area contributed by atoms with Crippen LogP contribution in [0, 0.1) is 6.92 Å². The van der Waals surface area contributed by atoms with Crippen molar-refractivity contribution < 1.29 is 0 Å². The molecule has 0 fully saturated rings. The minimum absolute atomic E-state index is 0.545. The van der Waals surface area contributed by atoms with Crippen LogP contribution < -0.4 is 0 Å². The van der Waals surface area contributed by atoms with Crippen LogP contribution in [0.4, 0.5) is 0 Å². The van der Waals surface area contributed by atoms with Crippen molar-refractivity contribution in [1.82, 2.24) is 0 Å². The zero-order chi connectivity index (χ0) is 20.4. The van der Waals surface area contributed by atoms with Gasteiger partial charge < -0.3 is 0 Å². The first-order chi connectivity index (χ1) is 12.3. The minimum Gasteiger partial charge on any atom is -0.106 e. The number of hydrogen-bond acceptors (Lipinski definition) is 0. The van der Waals surface area contributed by atoms with Gasteiger partial charge in [0, 0.05) is 5.92 Å². The van der Waals surface area contributed by atoms with Gasteiger partial charge in [0.25, 0.3) is 0 Å². The van der Waals surface area contributed by atoms with E-state index in [2.05, 4.69) is 69.5 Å². The van der Waals surface area contributed by atoms with Gasteiger partial charge in [-0.05, 0) is 34.4 Å². The molecule has 142 valence electrons. The molecule has 2 aromatic rings. The summed E-state index contributed by atoms with van der Waals surface area (Å²) in [7, 11) is 0. The predicted molar refractivity (Wildman–Crippen MR) is 123 cm³/mol. The molecule has 0 amide bonds. The molecule has 0 spiro atoms. The van der Waals surface area contributed by atoms with Crippen molar-refractivity contribution >= 4 is 16.8 Å². The fourth-order valence-electron chi connectivity index (χ4n) is 2.61. The molecule has 0 heterocycles. The van der Waals surface area contributed by atoms with Crippen molar-refractivity contribution in [3.05, 3.63) is 66.3 Å². The Balaban J connectivity index is -0.000000422. The minimum atomic E-state index is 0.545. The summed E-state index contributed by atoms with van der Waals surface area (Å²) in [5.41, 5.74) is 4.28. The Bertz CT molecular complexity index is 576. The summed E-state index contributed by atoms with van der Waals surface area (Å²) in [4.78, 5) is 0. The number of allylic oxidation sites excluding steroid dienone is 1. The molecule has 3 rings (SSSR count). The second kappa shape index (κ2) is 18.5. The van der Waals surface area contributed by atoms with Crippen LogP contribution in [0.1, 0.15) is 84.9 Å². The number of rotatable bonds is 0. The third-order valence-corrected chi connectivity index (χ3v) is 3.36. The second-order valence-electron chi connectivity index (χ2n) is 4.39. The normalized spacial score (nSPS) is 12.2. The Morgan fingerprint density at radius 3 is 1.80 bits per heavy atom. The zero-order valence-electron chi connectivity index (χ0n) is 18.5. The molecule has 2 aromatic carbocycles. The van der Waals surface area contributed by atoms with Crippen LogP contribution >= 0.6 is 0 Å². The molecule has 0 saturated heterocycles. The van der Waals surface area contributed by atoms with Crippen LogP contribution in [0.3, 0.4) is 0 Å². The fraction of sp³-hybridized carbons (Fsp3) is 0.440. The maximum Gasteiger partial charge on any atom is 0.000189 e. The monoisotopic (exact) mass is 342 g/mol. The van der Waals surface area contributed by atoms with Crippen LogP contribution in [0.15, 0.2) is 49.6 Å². The number of hydrogen-bond donors (Lipinski definition) is 0. The maximum atomic E-state index is 3.00. The van der Waals surface area contributed by atoms with Gasteiger partial charge in [-0.1, -0.05) is 105 Å². The Morgan fingerprint density at radius 1 is 0.760 bits per heavy atom. The van der Waals surface area contributed by atoms with E-state index in [1.807, 2.05) is 55.4 Å². The molecule has 0 heteroatoms. The van der Waals surface area contributed by atoms with Crippen molar-refractivity contribution in [3.8, 4) is 0 Å². The van der Waals surface area contributed by atoms with Gasteiger partial charge in [0.2, 0.25) is 0 Å². The van der Waals surface area contributed by atoms with Crippen molar-refractivity contribution in [2.45, 2.75) is 75.2 Å². The van der Waals surface area contributed by atoms with E-state index < -0.39 is 0 Å². The van der Waals surface area contributed by atoms with E-state index in [0.717, 1.165) is 0 Å². The highest BCUT2D eigenvalue weighted by atomic mass is 14.2. The average Bonchev–Trinajstić information content (AvgIpc) is 2.73. The van der Waals surface area contributed by atoms with Gasteiger partial charge in [-0.25, -0.2) is 0 Å². The third kappa shape index (κ3) is 7.73.